The van der Waals surface area contributed by atoms with Crippen molar-refractivity contribution < 1.29 is 9.47 Å². The van der Waals surface area contributed by atoms with Gasteiger partial charge >= 0.3 is 0 Å². The Morgan fingerprint density at radius 1 is 1.23 bits per heavy atom. The zero-order valence-electron chi connectivity index (χ0n) is 9.35. The van der Waals surface area contributed by atoms with E-state index in [-0.39, 0.29) is 11.2 Å². The van der Waals surface area contributed by atoms with Crippen LogP contribution in [0.25, 0.3) is 0 Å². The highest BCUT2D eigenvalue weighted by Gasteiger charge is 2.36. The average Bonchev–Trinajstić information content (AvgIpc) is 1.98. The Labute approximate surface area is 81.6 Å². The summed E-state index contributed by atoms with van der Waals surface area (Å²) in [7, 11) is 1.75. The molecule has 2 heteroatoms. The summed E-state index contributed by atoms with van der Waals surface area (Å²) in [5, 5.41) is 0. The molecule has 0 amide bonds. The smallest absolute Gasteiger partial charge is 0.0683 e. The lowest BCUT2D eigenvalue weighted by Crippen LogP contribution is -2.44. The van der Waals surface area contributed by atoms with Gasteiger partial charge in [0.25, 0.3) is 0 Å². The molecule has 1 saturated heterocycles. The fourth-order valence-corrected chi connectivity index (χ4v) is 2.15. The first kappa shape index (κ1) is 11.0. The van der Waals surface area contributed by atoms with Crippen LogP contribution in [-0.2, 0) is 9.47 Å². The quantitative estimate of drug-likeness (QED) is 0.674. The Morgan fingerprint density at radius 2 is 1.92 bits per heavy atom. The van der Waals surface area contributed by atoms with E-state index in [0.717, 1.165) is 13.0 Å². The molecule has 1 rings (SSSR count). The van der Waals surface area contributed by atoms with Crippen LogP contribution < -0.4 is 0 Å². The van der Waals surface area contributed by atoms with E-state index in [0.29, 0.717) is 0 Å². The highest BCUT2D eigenvalue weighted by atomic mass is 16.5. The molecule has 2 nitrogen and oxygen atoms in total. The minimum Gasteiger partial charge on any atom is -0.385 e. The molecule has 1 aliphatic rings. The van der Waals surface area contributed by atoms with E-state index in [1.807, 2.05) is 0 Å². The second-order valence-corrected chi connectivity index (χ2v) is 4.91. The summed E-state index contributed by atoms with van der Waals surface area (Å²) in [6, 6.07) is 0. The van der Waals surface area contributed by atoms with Gasteiger partial charge in [-0.2, -0.15) is 0 Å². The van der Waals surface area contributed by atoms with Crippen LogP contribution in [0, 0.1) is 0 Å². The van der Waals surface area contributed by atoms with Crippen LogP contribution in [0.3, 0.4) is 0 Å². The first-order valence-corrected chi connectivity index (χ1v) is 5.17. The van der Waals surface area contributed by atoms with Crippen molar-refractivity contribution in [2.45, 2.75) is 57.7 Å². The van der Waals surface area contributed by atoms with E-state index in [4.69, 9.17) is 9.47 Å². The van der Waals surface area contributed by atoms with Crippen LogP contribution in [0.4, 0.5) is 0 Å². The van der Waals surface area contributed by atoms with E-state index < -0.39 is 0 Å². The van der Waals surface area contributed by atoms with Gasteiger partial charge < -0.3 is 9.47 Å². The summed E-state index contributed by atoms with van der Waals surface area (Å²) < 4.78 is 11.2. The molecular formula is C11H22O2. The maximum atomic E-state index is 6.08. The largest absolute Gasteiger partial charge is 0.385 e. The van der Waals surface area contributed by atoms with Crippen LogP contribution >= 0.6 is 0 Å². The standard InChI is InChI=1S/C11H22O2/c1-10(2)6-5-7-11(3,13-10)8-9-12-4/h5-9H2,1-4H3. The molecule has 1 heterocycles. The lowest BCUT2D eigenvalue weighted by atomic mass is 9.86. The fraction of sp³-hybridized carbons (Fsp3) is 1.00. The van der Waals surface area contributed by atoms with E-state index in [1.165, 1.54) is 19.3 Å². The summed E-state index contributed by atoms with van der Waals surface area (Å²) in [5.74, 6) is 0. The Bertz CT molecular complexity index is 165. The third kappa shape index (κ3) is 3.28. The SMILES string of the molecule is COCCC1(C)CCCC(C)(C)O1. The summed E-state index contributed by atoms with van der Waals surface area (Å²) in [6.07, 6.45) is 4.62. The van der Waals surface area contributed by atoms with Crippen molar-refractivity contribution in [3.63, 3.8) is 0 Å². The second-order valence-electron chi connectivity index (χ2n) is 4.91. The van der Waals surface area contributed by atoms with Gasteiger partial charge in [0, 0.05) is 13.7 Å². The van der Waals surface area contributed by atoms with E-state index >= 15 is 0 Å². The molecule has 1 atom stereocenters. The highest BCUT2D eigenvalue weighted by molar-refractivity contribution is 4.86. The van der Waals surface area contributed by atoms with Crippen molar-refractivity contribution in [2.24, 2.45) is 0 Å². The topological polar surface area (TPSA) is 18.5 Å². The number of hydrogen-bond donors (Lipinski definition) is 0. The van der Waals surface area contributed by atoms with Crippen LogP contribution in [0.1, 0.15) is 46.5 Å². The molecule has 0 aromatic carbocycles. The predicted molar refractivity (Wildman–Crippen MR) is 53.9 cm³/mol. The highest BCUT2D eigenvalue weighted by Crippen LogP contribution is 2.36. The van der Waals surface area contributed by atoms with Gasteiger partial charge in [-0.1, -0.05) is 0 Å². The van der Waals surface area contributed by atoms with Gasteiger partial charge in [0.1, 0.15) is 0 Å². The Morgan fingerprint density at radius 3 is 2.46 bits per heavy atom. The van der Waals surface area contributed by atoms with E-state index in [9.17, 15) is 0 Å². The lowest BCUT2D eigenvalue weighted by Gasteiger charge is -2.43. The van der Waals surface area contributed by atoms with Crippen molar-refractivity contribution in [2.75, 3.05) is 13.7 Å². The molecule has 1 aliphatic heterocycles. The van der Waals surface area contributed by atoms with Crippen LogP contribution in [0.2, 0.25) is 0 Å². The normalized spacial score (nSPS) is 33.2. The van der Waals surface area contributed by atoms with Crippen molar-refractivity contribution >= 4 is 0 Å². The maximum absolute atomic E-state index is 6.08. The molecule has 0 saturated carbocycles. The molecule has 0 spiro atoms. The monoisotopic (exact) mass is 186 g/mol. The molecule has 0 aromatic heterocycles. The lowest BCUT2D eigenvalue weighted by molar-refractivity contribution is -0.172. The molecule has 78 valence electrons. The molecule has 0 radical (unpaired) electrons. The molecule has 0 N–H and O–H groups in total. The second kappa shape index (κ2) is 3.97. The summed E-state index contributed by atoms with van der Waals surface area (Å²) >= 11 is 0. The Hall–Kier alpha value is -0.0800. The number of ether oxygens (including phenoxy) is 2. The summed E-state index contributed by atoms with van der Waals surface area (Å²) in [6.45, 7) is 7.36. The minimum absolute atomic E-state index is 0.0394. The van der Waals surface area contributed by atoms with E-state index in [1.54, 1.807) is 7.11 Å². The summed E-state index contributed by atoms with van der Waals surface area (Å²) in [5.41, 5.74) is 0.0957. The fourth-order valence-electron chi connectivity index (χ4n) is 2.15. The molecule has 1 unspecified atom stereocenters. The molecule has 0 aromatic rings. The van der Waals surface area contributed by atoms with Crippen LogP contribution in [0.5, 0.6) is 0 Å². The first-order chi connectivity index (χ1) is 5.97. The van der Waals surface area contributed by atoms with Gasteiger partial charge in [-0.05, 0) is 46.5 Å². The van der Waals surface area contributed by atoms with Crippen LogP contribution in [0.15, 0.2) is 0 Å². The molecule has 13 heavy (non-hydrogen) atoms. The minimum atomic E-state index is 0.0394. The maximum Gasteiger partial charge on any atom is 0.0683 e. The van der Waals surface area contributed by atoms with E-state index in [2.05, 4.69) is 20.8 Å². The van der Waals surface area contributed by atoms with Crippen molar-refractivity contribution in [3.05, 3.63) is 0 Å². The average molecular weight is 186 g/mol. The van der Waals surface area contributed by atoms with Crippen molar-refractivity contribution in [1.29, 1.82) is 0 Å². The van der Waals surface area contributed by atoms with Crippen molar-refractivity contribution in [1.82, 2.24) is 0 Å². The van der Waals surface area contributed by atoms with Crippen LogP contribution in [-0.4, -0.2) is 24.9 Å². The van der Waals surface area contributed by atoms with Gasteiger partial charge in [0.05, 0.1) is 11.2 Å². The predicted octanol–water partition coefficient (Wildman–Crippen LogP) is 2.76. The van der Waals surface area contributed by atoms with Crippen molar-refractivity contribution in [3.8, 4) is 0 Å². The number of methoxy groups -OCH3 is 1. The third-order valence-corrected chi connectivity index (χ3v) is 2.84. The van der Waals surface area contributed by atoms with Gasteiger partial charge in [-0.15, -0.1) is 0 Å². The van der Waals surface area contributed by atoms with Gasteiger partial charge in [0.2, 0.25) is 0 Å². The zero-order valence-corrected chi connectivity index (χ0v) is 9.35. The van der Waals surface area contributed by atoms with Gasteiger partial charge in [0.15, 0.2) is 0 Å². The van der Waals surface area contributed by atoms with Gasteiger partial charge in [-0.3, -0.25) is 0 Å². The summed E-state index contributed by atoms with van der Waals surface area (Å²) in [4.78, 5) is 0. The Balaban J connectivity index is 2.47. The molecular weight excluding hydrogens is 164 g/mol. The third-order valence-electron chi connectivity index (χ3n) is 2.84. The molecule has 0 aliphatic carbocycles. The Kier molecular flexibility index (Phi) is 3.36. The first-order valence-electron chi connectivity index (χ1n) is 5.17. The molecule has 1 fully saturated rings. The molecule has 0 bridgehead atoms. The zero-order chi connectivity index (χ0) is 9.95. The van der Waals surface area contributed by atoms with Gasteiger partial charge in [-0.25, -0.2) is 0 Å². The number of rotatable bonds is 3. The number of hydrogen-bond acceptors (Lipinski definition) is 2.